The van der Waals surface area contributed by atoms with Crippen molar-refractivity contribution in [3.8, 4) is 0 Å². The normalized spacial score (nSPS) is 27.3. The zero-order valence-corrected chi connectivity index (χ0v) is 15.1. The maximum atomic E-state index is 12.4. The van der Waals surface area contributed by atoms with Crippen molar-refractivity contribution >= 4 is 5.91 Å². The van der Waals surface area contributed by atoms with Gasteiger partial charge >= 0.3 is 0 Å². The van der Waals surface area contributed by atoms with E-state index in [1.165, 1.54) is 44.5 Å². The molecule has 0 aliphatic carbocycles. The van der Waals surface area contributed by atoms with Crippen LogP contribution in [0.2, 0.25) is 0 Å². The first kappa shape index (κ1) is 17.0. The van der Waals surface area contributed by atoms with Crippen LogP contribution in [0.15, 0.2) is 12.4 Å². The molecule has 3 fully saturated rings. The van der Waals surface area contributed by atoms with E-state index in [9.17, 15) is 4.79 Å². The smallest absolute Gasteiger partial charge is 0.222 e. The molecule has 0 radical (unpaired) electrons. The molecule has 0 saturated carbocycles. The van der Waals surface area contributed by atoms with Crippen LogP contribution in [-0.4, -0.2) is 71.8 Å². The molecule has 3 aliphatic rings. The van der Waals surface area contributed by atoms with Crippen molar-refractivity contribution in [1.29, 1.82) is 0 Å². The number of likely N-dealkylation sites (tertiary alicyclic amines) is 2. The summed E-state index contributed by atoms with van der Waals surface area (Å²) >= 11 is 0. The molecule has 1 aromatic rings. The first-order valence-corrected chi connectivity index (χ1v) is 9.78. The summed E-state index contributed by atoms with van der Waals surface area (Å²) in [6.07, 6.45) is 10.2. The molecule has 1 unspecified atom stereocenters. The number of aromatic amines is 1. The highest BCUT2D eigenvalue weighted by Crippen LogP contribution is 2.40. The largest absolute Gasteiger partial charge is 0.381 e. The summed E-state index contributed by atoms with van der Waals surface area (Å²) in [6, 6.07) is 0. The quantitative estimate of drug-likeness (QED) is 0.881. The number of nitrogens with one attached hydrogen (secondary N) is 1. The maximum absolute atomic E-state index is 12.4. The fourth-order valence-corrected chi connectivity index (χ4v) is 4.70. The number of piperidine rings is 2. The van der Waals surface area contributed by atoms with E-state index >= 15 is 0 Å². The SMILES string of the molecule is O=C1CCC2(CCN(CC3CCOC3)CC2)CN1CCc1cn[nH]c1. The lowest BCUT2D eigenvalue weighted by Crippen LogP contribution is -2.52. The van der Waals surface area contributed by atoms with E-state index in [1.54, 1.807) is 0 Å². The fourth-order valence-electron chi connectivity index (χ4n) is 4.70. The Kier molecular flexibility index (Phi) is 5.08. The molecule has 1 aromatic heterocycles. The topological polar surface area (TPSA) is 61.5 Å². The van der Waals surface area contributed by atoms with Crippen LogP contribution in [0.1, 0.15) is 37.7 Å². The molecule has 1 spiro atoms. The van der Waals surface area contributed by atoms with E-state index in [2.05, 4.69) is 20.0 Å². The summed E-state index contributed by atoms with van der Waals surface area (Å²) in [5.41, 5.74) is 1.54. The standard InChI is InChI=1S/C19H30N4O2/c24-18-1-4-19(15-23(18)7-2-16-11-20-21-12-16)5-8-22(9-6-19)13-17-3-10-25-14-17/h11-12,17H,1-10,13-15H2,(H,20,21). The zero-order valence-electron chi connectivity index (χ0n) is 15.1. The molecule has 1 atom stereocenters. The Bertz CT molecular complexity index is 560. The van der Waals surface area contributed by atoms with Gasteiger partial charge in [-0.15, -0.1) is 0 Å². The van der Waals surface area contributed by atoms with Crippen LogP contribution >= 0.6 is 0 Å². The number of ether oxygens (including phenoxy) is 1. The van der Waals surface area contributed by atoms with Gasteiger partial charge in [0.05, 0.1) is 12.8 Å². The number of rotatable bonds is 5. The summed E-state index contributed by atoms with van der Waals surface area (Å²) in [4.78, 5) is 17.1. The fraction of sp³-hybridized carbons (Fsp3) is 0.789. The first-order valence-electron chi connectivity index (χ1n) is 9.78. The van der Waals surface area contributed by atoms with Gasteiger partial charge in [0.2, 0.25) is 5.91 Å². The number of nitrogens with zero attached hydrogens (tertiary/aromatic N) is 3. The second-order valence-electron chi connectivity index (χ2n) is 8.20. The Hall–Kier alpha value is -1.40. The Labute approximate surface area is 149 Å². The minimum Gasteiger partial charge on any atom is -0.381 e. The second kappa shape index (κ2) is 7.46. The molecule has 0 aromatic carbocycles. The van der Waals surface area contributed by atoms with E-state index < -0.39 is 0 Å². The van der Waals surface area contributed by atoms with Crippen molar-refractivity contribution in [3.63, 3.8) is 0 Å². The summed E-state index contributed by atoms with van der Waals surface area (Å²) < 4.78 is 5.51. The Morgan fingerprint density at radius 2 is 2.20 bits per heavy atom. The monoisotopic (exact) mass is 346 g/mol. The Balaban J connectivity index is 1.29. The van der Waals surface area contributed by atoms with Gasteiger partial charge in [0.1, 0.15) is 0 Å². The molecule has 1 N–H and O–H groups in total. The molecule has 6 nitrogen and oxygen atoms in total. The molecule has 4 rings (SSSR count). The summed E-state index contributed by atoms with van der Waals surface area (Å²) in [5, 5.41) is 6.85. The lowest BCUT2D eigenvalue weighted by Gasteiger charge is -2.47. The van der Waals surface area contributed by atoms with Crippen LogP contribution < -0.4 is 0 Å². The van der Waals surface area contributed by atoms with Crippen LogP contribution in [0, 0.1) is 11.3 Å². The highest BCUT2D eigenvalue weighted by Gasteiger charge is 2.41. The second-order valence-corrected chi connectivity index (χ2v) is 8.20. The number of aromatic nitrogens is 2. The zero-order chi connectivity index (χ0) is 17.1. The number of carbonyl (C=O) groups excluding carboxylic acids is 1. The van der Waals surface area contributed by atoms with Gasteiger partial charge in [-0.1, -0.05) is 0 Å². The molecule has 3 aliphatic heterocycles. The first-order chi connectivity index (χ1) is 12.2. The molecule has 1 amide bonds. The average molecular weight is 346 g/mol. The van der Waals surface area contributed by atoms with E-state index in [-0.39, 0.29) is 0 Å². The van der Waals surface area contributed by atoms with E-state index in [1.807, 2.05) is 12.4 Å². The van der Waals surface area contributed by atoms with Gasteiger partial charge in [-0.05, 0) is 62.1 Å². The maximum Gasteiger partial charge on any atom is 0.222 e. The molecule has 138 valence electrons. The number of carbonyl (C=O) groups is 1. The van der Waals surface area contributed by atoms with Crippen molar-refractivity contribution in [1.82, 2.24) is 20.0 Å². The van der Waals surface area contributed by atoms with E-state index in [0.29, 0.717) is 11.3 Å². The molecule has 4 heterocycles. The van der Waals surface area contributed by atoms with Crippen molar-refractivity contribution < 1.29 is 9.53 Å². The third-order valence-corrected chi connectivity index (χ3v) is 6.43. The Morgan fingerprint density at radius 1 is 1.32 bits per heavy atom. The molecule has 3 saturated heterocycles. The van der Waals surface area contributed by atoms with E-state index in [0.717, 1.165) is 51.5 Å². The lowest BCUT2D eigenvalue weighted by atomic mass is 9.72. The van der Waals surface area contributed by atoms with Crippen LogP contribution in [0.5, 0.6) is 0 Å². The summed E-state index contributed by atoms with van der Waals surface area (Å²) in [7, 11) is 0. The molecular formula is C19H30N4O2. The summed E-state index contributed by atoms with van der Waals surface area (Å²) in [5.74, 6) is 1.06. The van der Waals surface area contributed by atoms with Crippen molar-refractivity contribution in [3.05, 3.63) is 18.0 Å². The highest BCUT2D eigenvalue weighted by molar-refractivity contribution is 5.77. The highest BCUT2D eigenvalue weighted by atomic mass is 16.5. The third kappa shape index (κ3) is 4.06. The number of hydrogen-bond donors (Lipinski definition) is 1. The molecule has 25 heavy (non-hydrogen) atoms. The minimum atomic E-state index is 0.333. The van der Waals surface area contributed by atoms with Gasteiger partial charge in [0.25, 0.3) is 0 Å². The minimum absolute atomic E-state index is 0.333. The van der Waals surface area contributed by atoms with Crippen LogP contribution in [0.25, 0.3) is 0 Å². The lowest BCUT2D eigenvalue weighted by molar-refractivity contribution is -0.139. The van der Waals surface area contributed by atoms with Crippen LogP contribution in [0.4, 0.5) is 0 Å². The predicted octanol–water partition coefficient (Wildman–Crippen LogP) is 1.69. The number of amides is 1. The van der Waals surface area contributed by atoms with Gasteiger partial charge < -0.3 is 14.5 Å². The van der Waals surface area contributed by atoms with Crippen LogP contribution in [0.3, 0.4) is 0 Å². The van der Waals surface area contributed by atoms with Gasteiger partial charge in [0, 0.05) is 38.9 Å². The van der Waals surface area contributed by atoms with Crippen LogP contribution in [-0.2, 0) is 16.0 Å². The van der Waals surface area contributed by atoms with Gasteiger partial charge in [-0.25, -0.2) is 0 Å². The summed E-state index contributed by atoms with van der Waals surface area (Å²) in [6.45, 7) is 7.21. The van der Waals surface area contributed by atoms with Gasteiger partial charge in [-0.3, -0.25) is 9.89 Å². The van der Waals surface area contributed by atoms with Gasteiger partial charge in [-0.2, -0.15) is 5.10 Å². The number of H-pyrrole nitrogens is 1. The Morgan fingerprint density at radius 3 is 2.92 bits per heavy atom. The predicted molar refractivity (Wildman–Crippen MR) is 95.1 cm³/mol. The van der Waals surface area contributed by atoms with Crippen molar-refractivity contribution in [2.45, 2.75) is 38.5 Å². The van der Waals surface area contributed by atoms with Crippen molar-refractivity contribution in [2.24, 2.45) is 11.3 Å². The van der Waals surface area contributed by atoms with Crippen molar-refractivity contribution in [2.75, 3.05) is 45.9 Å². The molecule has 6 heteroatoms. The van der Waals surface area contributed by atoms with E-state index in [4.69, 9.17) is 4.74 Å². The third-order valence-electron chi connectivity index (χ3n) is 6.43. The molecule has 0 bridgehead atoms. The average Bonchev–Trinajstić information content (AvgIpc) is 3.32. The van der Waals surface area contributed by atoms with Gasteiger partial charge in [0.15, 0.2) is 0 Å². The molecular weight excluding hydrogens is 316 g/mol. The number of hydrogen-bond acceptors (Lipinski definition) is 4.